The fourth-order valence-electron chi connectivity index (χ4n) is 7.93. The molecular weight excluding hydrogens is 855 g/mol. The average molecular weight is 904 g/mol. The average Bonchev–Trinajstić information content (AvgIpc) is 3.53. The third-order valence-corrected chi connectivity index (χ3v) is 12.6. The predicted octanol–water partition coefficient (Wildman–Crippen LogP) is 7.84. The minimum absolute atomic E-state index is 0.0106. The van der Waals surface area contributed by atoms with Gasteiger partial charge in [0.1, 0.15) is 0 Å². The number of nitrogens with one attached hydrogen (secondary N) is 4. The molecule has 7 rings (SSSR count). The van der Waals surface area contributed by atoms with Crippen LogP contribution in [0, 0.1) is 27.7 Å². The first-order chi connectivity index (χ1) is 31.3. The van der Waals surface area contributed by atoms with Gasteiger partial charge >= 0.3 is 8.80 Å². The molecule has 0 aromatic heterocycles. The van der Waals surface area contributed by atoms with Gasteiger partial charge in [0.2, 0.25) is 0 Å². The van der Waals surface area contributed by atoms with E-state index in [1.165, 1.54) is 43.3 Å². The summed E-state index contributed by atoms with van der Waals surface area (Å²) in [5.74, 6) is -3.00. The van der Waals surface area contributed by atoms with Crippen molar-refractivity contribution in [3.63, 3.8) is 0 Å². The maximum absolute atomic E-state index is 14.0. The molecule has 6 aromatic carbocycles. The zero-order valence-electron chi connectivity index (χ0n) is 37.3. The number of imide groups is 1. The van der Waals surface area contributed by atoms with Crippen LogP contribution in [0.4, 0.5) is 22.7 Å². The van der Waals surface area contributed by atoms with Crippen molar-refractivity contribution in [1.29, 1.82) is 0 Å². The number of carbonyl (C=O) groups excluding carboxylic acids is 6. The van der Waals surface area contributed by atoms with Gasteiger partial charge in [-0.05, 0) is 164 Å². The molecule has 0 atom stereocenters. The van der Waals surface area contributed by atoms with Gasteiger partial charge in [-0.2, -0.15) is 0 Å². The molecule has 0 saturated heterocycles. The van der Waals surface area contributed by atoms with Crippen molar-refractivity contribution in [2.45, 2.75) is 47.1 Å². The van der Waals surface area contributed by atoms with Crippen molar-refractivity contribution < 1.29 is 43.2 Å². The number of anilines is 4. The number of nitrogens with zero attached hydrogens (tertiary/aromatic N) is 1. The zero-order valence-corrected chi connectivity index (χ0v) is 38.3. The molecule has 1 aliphatic rings. The van der Waals surface area contributed by atoms with Gasteiger partial charge in [0.15, 0.2) is 5.78 Å². The Labute approximate surface area is 382 Å². The number of benzene rings is 6. The second kappa shape index (κ2) is 18.9. The topological polar surface area (TPSA) is 214 Å². The Morgan fingerprint density at radius 1 is 0.545 bits per heavy atom. The molecule has 6 aromatic rings. The van der Waals surface area contributed by atoms with Crippen LogP contribution in [-0.2, 0) is 0 Å². The molecule has 336 valence electrons. The van der Waals surface area contributed by atoms with E-state index in [0.717, 1.165) is 44.0 Å². The molecule has 66 heavy (non-hydrogen) atoms. The van der Waals surface area contributed by atoms with Gasteiger partial charge in [0.05, 0.1) is 27.9 Å². The second-order valence-corrected chi connectivity index (χ2v) is 18.5. The Balaban J connectivity index is 1.10. The zero-order chi connectivity index (χ0) is 47.6. The first-order valence-corrected chi connectivity index (χ1v) is 23.3. The van der Waals surface area contributed by atoms with Crippen molar-refractivity contribution >= 4 is 66.9 Å². The van der Waals surface area contributed by atoms with Crippen molar-refractivity contribution in [3.8, 4) is 22.3 Å². The Kier molecular flexibility index (Phi) is 13.3. The van der Waals surface area contributed by atoms with Crippen LogP contribution >= 0.6 is 0 Å². The van der Waals surface area contributed by atoms with E-state index in [4.69, 9.17) is 0 Å². The van der Waals surface area contributed by atoms with Crippen LogP contribution in [-0.4, -0.2) is 72.1 Å². The van der Waals surface area contributed by atoms with Crippen LogP contribution in [0.1, 0.15) is 97.7 Å². The summed E-state index contributed by atoms with van der Waals surface area (Å²) in [7, 11) is -2.45. The van der Waals surface area contributed by atoms with E-state index in [2.05, 4.69) is 27.3 Å². The lowest BCUT2D eigenvalue weighted by Crippen LogP contribution is -2.36. The summed E-state index contributed by atoms with van der Waals surface area (Å²) in [4.78, 5) is 109. The van der Waals surface area contributed by atoms with E-state index in [9.17, 15) is 43.2 Å². The summed E-state index contributed by atoms with van der Waals surface area (Å²) in [5.41, 5.74) is 9.94. The molecule has 0 saturated carbocycles. The Morgan fingerprint density at radius 2 is 1.06 bits per heavy atom. The maximum Gasteiger partial charge on any atom is 0.492 e. The molecule has 15 heteroatoms. The van der Waals surface area contributed by atoms with E-state index < -0.39 is 38.3 Å². The lowest BCUT2D eigenvalue weighted by molar-refractivity contribution is 0.0921. The lowest BCUT2D eigenvalue weighted by Gasteiger charge is -2.18. The Hall–Kier alpha value is -7.56. The molecular formula is C51H49N5O9Si. The summed E-state index contributed by atoms with van der Waals surface area (Å²) >= 11 is 0. The highest BCUT2D eigenvalue weighted by molar-refractivity contribution is 6.56. The highest BCUT2D eigenvalue weighted by Crippen LogP contribution is 2.35. The van der Waals surface area contributed by atoms with Crippen LogP contribution in [0.15, 0.2) is 109 Å². The molecule has 1 aliphatic heterocycles. The third-order valence-electron chi connectivity index (χ3n) is 11.6. The number of hydrogen-bond donors (Lipinski definition) is 7. The molecule has 0 spiro atoms. The van der Waals surface area contributed by atoms with Crippen molar-refractivity contribution in [3.05, 3.63) is 165 Å². The monoisotopic (exact) mass is 903 g/mol. The van der Waals surface area contributed by atoms with E-state index in [1.807, 2.05) is 70.3 Å². The SMILES string of the molecule is CNc1ccc(-c2ccc(NC(=O)c3cc(C(=O)Nc4ccc(-c5ccc(N6C(=O)c7ccc(C(C)=O)cc7C6=O)c(C)c5)cc4C)ccc3C(=O)NCCC[Si](O)(O)O)c(C)c2)cc1C. The summed E-state index contributed by atoms with van der Waals surface area (Å²) in [6.07, 6.45) is 0.0792. The Morgan fingerprint density at radius 3 is 1.59 bits per heavy atom. The smallest absolute Gasteiger partial charge is 0.390 e. The van der Waals surface area contributed by atoms with Gasteiger partial charge < -0.3 is 35.7 Å². The van der Waals surface area contributed by atoms with Gasteiger partial charge in [-0.3, -0.25) is 28.8 Å². The predicted molar refractivity (Wildman–Crippen MR) is 256 cm³/mol. The number of ketones is 1. The minimum Gasteiger partial charge on any atom is -0.390 e. The molecule has 0 fully saturated rings. The second-order valence-electron chi connectivity index (χ2n) is 16.4. The fourth-order valence-corrected chi connectivity index (χ4v) is 8.58. The number of hydrogen-bond acceptors (Lipinski definition) is 10. The molecule has 14 nitrogen and oxygen atoms in total. The van der Waals surface area contributed by atoms with E-state index in [0.29, 0.717) is 33.8 Å². The van der Waals surface area contributed by atoms with Crippen LogP contribution in [0.5, 0.6) is 0 Å². The van der Waals surface area contributed by atoms with Crippen LogP contribution in [0.3, 0.4) is 0 Å². The number of aryl methyl sites for hydroxylation is 4. The van der Waals surface area contributed by atoms with Crippen molar-refractivity contribution in [2.75, 3.05) is 34.4 Å². The number of rotatable bonds is 14. The normalized spacial score (nSPS) is 12.2. The van der Waals surface area contributed by atoms with Gasteiger partial charge in [-0.15, -0.1) is 0 Å². The number of carbonyl (C=O) groups is 6. The maximum atomic E-state index is 14.0. The first-order valence-electron chi connectivity index (χ1n) is 21.2. The summed E-state index contributed by atoms with van der Waals surface area (Å²) in [6, 6.07) is 30.8. The van der Waals surface area contributed by atoms with Gasteiger partial charge in [-0.25, -0.2) is 4.90 Å². The number of amides is 5. The summed E-state index contributed by atoms with van der Waals surface area (Å²) in [5, 5.41) is 11.6. The highest BCUT2D eigenvalue weighted by atomic mass is 28.4. The van der Waals surface area contributed by atoms with Crippen LogP contribution in [0.25, 0.3) is 22.3 Å². The fraction of sp³-hybridized carbons (Fsp3) is 0.176. The van der Waals surface area contributed by atoms with Gasteiger partial charge in [0.25, 0.3) is 29.5 Å². The van der Waals surface area contributed by atoms with Crippen LogP contribution in [0.2, 0.25) is 6.04 Å². The molecule has 7 N–H and O–H groups in total. The largest absolute Gasteiger partial charge is 0.492 e. The molecule has 1 heterocycles. The quantitative estimate of drug-likeness (QED) is 0.0243. The first kappa shape index (κ1) is 46.4. The molecule has 0 aliphatic carbocycles. The van der Waals surface area contributed by atoms with Crippen molar-refractivity contribution in [1.82, 2.24) is 5.32 Å². The molecule has 5 amide bonds. The number of fused-ring (bicyclic) bond motifs is 1. The lowest BCUT2D eigenvalue weighted by atomic mass is 9.98. The van der Waals surface area contributed by atoms with E-state index >= 15 is 0 Å². The molecule has 0 unspecified atom stereocenters. The number of Topliss-reactive ketones (excluding diaryl/α,β-unsaturated/α-hetero) is 1. The summed E-state index contributed by atoms with van der Waals surface area (Å²) in [6.45, 7) is 8.88. The van der Waals surface area contributed by atoms with E-state index in [1.54, 1.807) is 31.2 Å². The van der Waals surface area contributed by atoms with Crippen molar-refractivity contribution in [2.24, 2.45) is 0 Å². The molecule has 0 radical (unpaired) electrons. The summed E-state index contributed by atoms with van der Waals surface area (Å²) < 4.78 is 0. The standard InChI is InChI=1S/C51H49N5O9Si/c1-28-22-34(10-16-43(28)52-6)35-12-18-45(30(3)24-35)55-49(60)41-27-38(9-14-39(41)48(59)53-20-7-21-66(63,64)65)47(58)54-44-17-11-36(23-29(44)2)37-13-19-46(31(4)25-37)56-50(61)40-15-8-33(32(5)57)26-42(40)51(56)62/h8-19,22-27,52,63-65H,7,20-21H2,1-6H3,(H,53,59)(H,54,58)(H,55,60). The Bertz CT molecular complexity index is 3000. The van der Waals surface area contributed by atoms with E-state index in [-0.39, 0.29) is 52.6 Å². The van der Waals surface area contributed by atoms with Crippen LogP contribution < -0.4 is 26.2 Å². The highest BCUT2D eigenvalue weighted by Gasteiger charge is 2.38. The minimum atomic E-state index is -4.31. The third kappa shape index (κ3) is 9.89. The van der Waals surface area contributed by atoms with Gasteiger partial charge in [0, 0.05) is 47.8 Å². The van der Waals surface area contributed by atoms with Gasteiger partial charge in [-0.1, -0.05) is 30.3 Å². The molecule has 0 bridgehead atoms.